The van der Waals surface area contributed by atoms with Gasteiger partial charge in [0.1, 0.15) is 23.6 Å². The maximum absolute atomic E-state index is 5.10. The van der Waals surface area contributed by atoms with Crippen LogP contribution in [0, 0.1) is 88.0 Å². The first-order valence-electron chi connectivity index (χ1n) is 45.3. The van der Waals surface area contributed by atoms with E-state index in [0.717, 1.165) is 72.4 Å². The molecule has 690 valence electrons. The largest absolute Gasteiger partial charge is 0.470 e. The van der Waals surface area contributed by atoms with Gasteiger partial charge in [-0.15, -0.1) is 11.3 Å². The maximum atomic E-state index is 5.10. The minimum atomic E-state index is 0.822. The Kier molecular flexibility index (Phi) is 167. The Balaban J connectivity index is -0.0000000813. The molecule has 3 fully saturated rings. The fraction of sp³-hybridized carbons (Fsp3) is 0.559. The molecule has 2 saturated heterocycles. The number of H-pyrrole nitrogens is 2. The van der Waals surface area contributed by atoms with Gasteiger partial charge in [-0.25, -0.2) is 15.0 Å². The van der Waals surface area contributed by atoms with Crippen LogP contribution in [0.5, 0.6) is 0 Å². The van der Waals surface area contributed by atoms with Crippen LogP contribution in [-0.2, 0) is 4.74 Å². The Hall–Kier alpha value is -7.93. The smallest absolute Gasteiger partial charge is 0.133 e. The number of hydrogen-bond acceptors (Lipinski definition) is 15. The fourth-order valence-corrected chi connectivity index (χ4v) is 8.26. The van der Waals surface area contributed by atoms with Crippen molar-refractivity contribution in [3.63, 3.8) is 0 Å². The molecule has 17 heteroatoms. The van der Waals surface area contributed by atoms with Gasteiger partial charge >= 0.3 is 0 Å². The first-order valence-corrected chi connectivity index (χ1v) is 47.1. The highest BCUT2D eigenvalue weighted by Crippen LogP contribution is 2.22. The van der Waals surface area contributed by atoms with E-state index in [1.807, 2.05) is 334 Å². The first kappa shape index (κ1) is 143. The highest BCUT2D eigenvalue weighted by Gasteiger charge is 2.06. The molecule has 0 unspecified atom stereocenters. The fourth-order valence-electron chi connectivity index (χ4n) is 7.07. The van der Waals surface area contributed by atoms with Crippen LogP contribution in [0.1, 0.15) is 314 Å². The molecule has 1 aliphatic carbocycles. The summed E-state index contributed by atoms with van der Waals surface area (Å²) in [5, 5.41) is 16.5. The van der Waals surface area contributed by atoms with E-state index in [1.165, 1.54) is 85.3 Å². The number of aromatic nitrogens is 9. The van der Waals surface area contributed by atoms with Crippen LogP contribution in [-0.4, -0.2) is 96.5 Å². The third kappa shape index (κ3) is 136. The predicted octanol–water partition coefficient (Wildman–Crippen LogP) is 33.2. The molecule has 0 bridgehead atoms. The lowest BCUT2D eigenvalue weighted by Gasteiger charge is -2.21. The summed E-state index contributed by atoms with van der Waals surface area (Å²) >= 11 is 3.52. The number of furan rings is 1. The summed E-state index contributed by atoms with van der Waals surface area (Å²) in [5.41, 5.74) is 8.35. The Morgan fingerprint density at radius 1 is 0.403 bits per heavy atom. The predicted molar refractivity (Wildman–Crippen MR) is 539 cm³/mol. The van der Waals surface area contributed by atoms with Crippen molar-refractivity contribution in [1.29, 1.82) is 0 Å². The Morgan fingerprint density at radius 3 is 1.11 bits per heavy atom. The van der Waals surface area contributed by atoms with E-state index in [-0.39, 0.29) is 0 Å². The molecule has 10 aromatic heterocycles. The van der Waals surface area contributed by atoms with Gasteiger partial charge in [0.15, 0.2) is 0 Å². The molecular formula is C102H191N11O4S2. The van der Waals surface area contributed by atoms with Crippen molar-refractivity contribution in [3.05, 3.63) is 268 Å². The monoisotopic (exact) mass is 1700 g/mol. The van der Waals surface area contributed by atoms with E-state index in [2.05, 4.69) is 153 Å². The summed E-state index contributed by atoms with van der Waals surface area (Å²) in [6.07, 6.45) is 30.9. The quantitative estimate of drug-likeness (QED) is 0.130. The van der Waals surface area contributed by atoms with Crippen molar-refractivity contribution in [2.75, 3.05) is 46.4 Å². The zero-order chi connectivity index (χ0) is 94.6. The van der Waals surface area contributed by atoms with Gasteiger partial charge in [-0.3, -0.25) is 9.97 Å². The number of likely N-dealkylation sites (N-methyl/N-ethyl adjacent to an activating group) is 1. The zero-order valence-electron chi connectivity index (χ0n) is 85.0. The highest BCUT2D eigenvalue weighted by atomic mass is 32.1. The number of benzene rings is 1. The standard InChI is InChI=1S/C7H14.C7H8.C6H13N.2C6H7N.C5H6N2.C5H11NO.C5H7N.C5H6O.2C5H6S.C4H6N2.2C4H5NO.14C2H6/c2*1-7-5-3-2-4-6-7;1-6-2-4-7-5-3-6;1-6-3-2-4-7-5-6;1-6-4-2-3-5-7-6;1-5-6-3-2-4-7-5;1-6-2-4-7-5-3-6;2*1-5-3-2-4-6-5;1-5-2-3-6-4-5;1-5-3-2-4-6-5;1-4-2-5-3-6-4;1-4-2-5-6-3-4;1-4-2-3-5-6-4;14*1-2/h7H,2-6H2,1H3;2-6H,1H3;6-7H,2-5H2,1H3;2*2-5H,1H3;2-4H,1H3;2-5H2,1H3;2-4,6H,1H3;3*2-4H,1H3;2-3H,1H3,(H,5,6);2*2-3H,1H3;14*1-2H3. The molecule has 119 heavy (non-hydrogen) atoms. The molecule has 14 rings (SSSR count). The number of nitrogens with zero attached hydrogens (tertiary/aromatic N) is 8. The molecule has 11 aromatic rings. The van der Waals surface area contributed by atoms with Crippen molar-refractivity contribution in [3.8, 4) is 0 Å². The number of ether oxygens (including phenoxy) is 1. The van der Waals surface area contributed by atoms with Gasteiger partial charge < -0.3 is 38.4 Å². The average Bonchev–Trinajstić information content (AvgIpc) is 1.98. The number of thiophene rings is 2. The number of nitrogens with one attached hydrogen (secondary N) is 3. The van der Waals surface area contributed by atoms with Gasteiger partial charge in [-0.2, -0.15) is 11.3 Å². The molecule has 3 N–H and O–H groups in total. The zero-order valence-corrected chi connectivity index (χ0v) is 86.6. The van der Waals surface area contributed by atoms with Gasteiger partial charge in [0, 0.05) is 90.1 Å². The summed E-state index contributed by atoms with van der Waals surface area (Å²) in [6.45, 7) is 89.0. The van der Waals surface area contributed by atoms with E-state index >= 15 is 0 Å². The Morgan fingerprint density at radius 2 is 0.933 bits per heavy atom. The van der Waals surface area contributed by atoms with Crippen LogP contribution in [0.25, 0.3) is 0 Å². The second-order valence-electron chi connectivity index (χ2n) is 21.7. The molecule has 1 aromatic carbocycles. The maximum Gasteiger partial charge on any atom is 0.133 e. The van der Waals surface area contributed by atoms with Crippen LogP contribution >= 0.6 is 22.7 Å². The number of pyridine rings is 2. The average molecular weight is 1700 g/mol. The van der Waals surface area contributed by atoms with Crippen molar-refractivity contribution in [2.45, 2.75) is 329 Å². The van der Waals surface area contributed by atoms with Gasteiger partial charge in [0.25, 0.3) is 0 Å². The van der Waals surface area contributed by atoms with Crippen LogP contribution in [0.4, 0.5) is 0 Å². The molecule has 2 aliphatic heterocycles. The van der Waals surface area contributed by atoms with Gasteiger partial charge in [-0.1, -0.05) is 304 Å². The molecule has 0 amide bonds. The second kappa shape index (κ2) is 139. The normalized spacial score (nSPS) is 10.3. The lowest BCUT2D eigenvalue weighted by atomic mass is 9.91. The van der Waals surface area contributed by atoms with E-state index in [1.54, 1.807) is 97.0 Å². The minimum Gasteiger partial charge on any atom is -0.470 e. The number of hydrogen-bond donors (Lipinski definition) is 3. The molecule has 0 atom stereocenters. The van der Waals surface area contributed by atoms with Crippen molar-refractivity contribution >= 4 is 22.7 Å². The number of piperidine rings is 1. The second-order valence-corrected chi connectivity index (χ2v) is 23.6. The van der Waals surface area contributed by atoms with Crippen molar-refractivity contribution < 1.29 is 18.2 Å². The lowest BCUT2D eigenvalue weighted by Crippen LogP contribution is -2.32. The summed E-state index contributed by atoms with van der Waals surface area (Å²) in [5.74, 6) is 4.66. The third-order valence-electron chi connectivity index (χ3n) is 12.5. The van der Waals surface area contributed by atoms with Crippen LogP contribution in [0.3, 0.4) is 0 Å². The summed E-state index contributed by atoms with van der Waals surface area (Å²) in [7, 11) is 2.11. The van der Waals surface area contributed by atoms with Gasteiger partial charge in [-0.05, 0) is 209 Å². The summed E-state index contributed by atoms with van der Waals surface area (Å²) < 4.78 is 19.0. The summed E-state index contributed by atoms with van der Waals surface area (Å²) in [6, 6.07) is 37.7. The number of imidazole rings is 1. The molecule has 1 saturated carbocycles. The Labute approximate surface area is 746 Å². The van der Waals surface area contributed by atoms with Crippen LogP contribution < -0.4 is 5.32 Å². The molecule has 15 nitrogen and oxygen atoms in total. The van der Waals surface area contributed by atoms with E-state index in [4.69, 9.17) is 9.15 Å². The molecule has 12 heterocycles. The molecule has 3 aliphatic rings. The Bertz CT molecular complexity index is 2550. The van der Waals surface area contributed by atoms with E-state index in [0.29, 0.717) is 0 Å². The minimum absolute atomic E-state index is 0.822. The third-order valence-corrected chi connectivity index (χ3v) is 14.1. The van der Waals surface area contributed by atoms with Crippen molar-refractivity contribution in [1.82, 2.24) is 55.4 Å². The van der Waals surface area contributed by atoms with Gasteiger partial charge in [0.05, 0.1) is 38.2 Å². The lowest BCUT2D eigenvalue weighted by molar-refractivity contribution is 0.0503. The molecular weight excluding hydrogens is 1510 g/mol. The topological polar surface area (TPSA) is 186 Å². The van der Waals surface area contributed by atoms with Crippen LogP contribution in [0.15, 0.2) is 219 Å². The SMILES string of the molecule is CC.CC.CC.CC.CC.CC.CC.CC.CC.CC.CC.CC.CC.CC.CC1CCCCC1.CC1CCNCC1.CN1CCOCC1.Cc1ccc[nH]1.Cc1ccccc1.Cc1ccccn1.Cc1cccnc1.Cc1ccco1.Cc1cccs1.Cc1ccno1.Cc1ccsc1.Cc1cnc[nH]1.Cc1cnoc1.Cc1ncccn1. The van der Waals surface area contributed by atoms with Gasteiger partial charge in [0.2, 0.25) is 0 Å². The number of aryl methyl sites for hydroxylation is 11. The number of rotatable bonds is 0. The summed E-state index contributed by atoms with van der Waals surface area (Å²) in [4.78, 5) is 28.9. The molecule has 0 spiro atoms. The number of aromatic amines is 2. The van der Waals surface area contributed by atoms with Crippen molar-refractivity contribution in [2.24, 2.45) is 11.8 Å². The number of morpholine rings is 1. The highest BCUT2D eigenvalue weighted by molar-refractivity contribution is 7.09. The molecule has 0 radical (unpaired) electrons. The van der Waals surface area contributed by atoms with Crippen LogP contribution in [0.2, 0.25) is 0 Å². The van der Waals surface area contributed by atoms with E-state index < -0.39 is 0 Å². The first-order chi connectivity index (χ1) is 58.0. The van der Waals surface area contributed by atoms with E-state index in [9.17, 15) is 0 Å².